The topological polar surface area (TPSA) is 84.5 Å². The molecule has 4 heterocycles. The molecule has 0 bridgehead atoms. The molecule has 4 rings (SSSR count). The summed E-state index contributed by atoms with van der Waals surface area (Å²) in [5, 5.41) is 11.3. The Morgan fingerprint density at radius 1 is 1.26 bits per heavy atom. The summed E-state index contributed by atoms with van der Waals surface area (Å²) in [6, 6.07) is 3.55. The second-order valence-electron chi connectivity index (χ2n) is 7.25. The highest BCUT2D eigenvalue weighted by molar-refractivity contribution is 5.94. The van der Waals surface area contributed by atoms with Crippen molar-refractivity contribution in [2.45, 2.75) is 25.3 Å². The Hall–Kier alpha value is -2.81. The van der Waals surface area contributed by atoms with Crippen molar-refractivity contribution in [3.8, 4) is 0 Å². The van der Waals surface area contributed by atoms with Gasteiger partial charge in [0.15, 0.2) is 5.65 Å². The van der Waals surface area contributed by atoms with Crippen LogP contribution in [-0.4, -0.2) is 79.0 Å². The molecule has 27 heavy (non-hydrogen) atoms. The van der Waals surface area contributed by atoms with Crippen LogP contribution in [0.25, 0.3) is 5.65 Å². The molecule has 3 aromatic heterocycles. The van der Waals surface area contributed by atoms with Gasteiger partial charge >= 0.3 is 0 Å². The molecular weight excluding hydrogens is 344 g/mol. The zero-order valence-electron chi connectivity index (χ0n) is 15.7. The summed E-state index contributed by atoms with van der Waals surface area (Å²) in [6.45, 7) is 3.39. The van der Waals surface area contributed by atoms with Gasteiger partial charge in [0.1, 0.15) is 5.82 Å². The first-order valence-electron chi connectivity index (χ1n) is 9.24. The van der Waals surface area contributed by atoms with E-state index in [9.17, 15) is 4.79 Å². The number of hydrogen-bond acceptors (Lipinski definition) is 6. The van der Waals surface area contributed by atoms with E-state index in [1.807, 2.05) is 11.1 Å². The number of fused-ring (bicyclic) bond motifs is 1. The molecule has 3 aromatic rings. The van der Waals surface area contributed by atoms with Gasteiger partial charge in [0.05, 0.1) is 5.56 Å². The van der Waals surface area contributed by atoms with Gasteiger partial charge in [-0.1, -0.05) is 0 Å². The second-order valence-corrected chi connectivity index (χ2v) is 7.25. The first-order valence-corrected chi connectivity index (χ1v) is 9.24. The molecule has 9 heteroatoms. The lowest BCUT2D eigenvalue weighted by Gasteiger charge is -2.32. The molecule has 0 spiro atoms. The minimum Gasteiger partial charge on any atom is -0.339 e. The number of hydrogen-bond donors (Lipinski definition) is 0. The van der Waals surface area contributed by atoms with Gasteiger partial charge in [-0.2, -0.15) is 4.52 Å². The fraction of sp³-hybridized carbons (Fsp3) is 0.500. The van der Waals surface area contributed by atoms with Crippen molar-refractivity contribution in [1.82, 2.24) is 39.4 Å². The third-order valence-corrected chi connectivity index (χ3v) is 5.12. The lowest BCUT2D eigenvalue weighted by atomic mass is 9.95. The standard InChI is InChI=1S/C18H24N8O/c1-23(2)11-12-24-10-7-19-17(24)14-5-8-25(9-6-14)18(27)15-3-4-16-20-21-22-26(16)13-15/h3-4,7,10,13-14H,5-6,8-9,11-12H2,1-2H3. The predicted molar refractivity (Wildman–Crippen MR) is 99.4 cm³/mol. The highest BCUT2D eigenvalue weighted by Gasteiger charge is 2.27. The lowest BCUT2D eigenvalue weighted by molar-refractivity contribution is 0.0709. The monoisotopic (exact) mass is 368 g/mol. The van der Waals surface area contributed by atoms with Crippen LogP contribution in [0.2, 0.25) is 0 Å². The van der Waals surface area contributed by atoms with Gasteiger partial charge in [0.25, 0.3) is 5.91 Å². The normalized spacial score (nSPS) is 15.7. The molecule has 0 aromatic carbocycles. The maximum atomic E-state index is 12.8. The maximum Gasteiger partial charge on any atom is 0.255 e. The van der Waals surface area contributed by atoms with Crippen LogP contribution < -0.4 is 0 Å². The molecule has 9 nitrogen and oxygen atoms in total. The number of aromatic nitrogens is 6. The highest BCUT2D eigenvalue weighted by atomic mass is 16.2. The number of rotatable bonds is 5. The summed E-state index contributed by atoms with van der Waals surface area (Å²) in [7, 11) is 4.15. The van der Waals surface area contributed by atoms with Gasteiger partial charge in [-0.15, -0.1) is 5.10 Å². The number of carbonyl (C=O) groups is 1. The SMILES string of the molecule is CN(C)CCn1ccnc1C1CCN(C(=O)c2ccc3nnnn3c2)CC1. The number of amides is 1. The summed E-state index contributed by atoms with van der Waals surface area (Å²) in [5.41, 5.74) is 1.25. The first-order chi connectivity index (χ1) is 13.1. The molecule has 0 N–H and O–H groups in total. The van der Waals surface area contributed by atoms with E-state index in [0.29, 0.717) is 17.1 Å². The quantitative estimate of drug-likeness (QED) is 0.665. The van der Waals surface area contributed by atoms with Crippen LogP contribution >= 0.6 is 0 Å². The molecule has 1 saturated heterocycles. The summed E-state index contributed by atoms with van der Waals surface area (Å²) in [4.78, 5) is 21.5. The van der Waals surface area contributed by atoms with E-state index in [1.165, 1.54) is 4.52 Å². The Bertz CT molecular complexity index is 922. The number of imidazole rings is 1. The minimum absolute atomic E-state index is 0.0294. The van der Waals surface area contributed by atoms with Gasteiger partial charge in [0.2, 0.25) is 0 Å². The van der Waals surface area contributed by atoms with Gasteiger partial charge in [-0.25, -0.2) is 4.98 Å². The number of carbonyl (C=O) groups excluding carboxylic acids is 1. The van der Waals surface area contributed by atoms with E-state index in [-0.39, 0.29) is 5.91 Å². The molecule has 0 saturated carbocycles. The zero-order chi connectivity index (χ0) is 18.8. The van der Waals surface area contributed by atoms with Crippen molar-refractivity contribution in [1.29, 1.82) is 0 Å². The maximum absolute atomic E-state index is 12.8. The van der Waals surface area contributed by atoms with Crippen LogP contribution in [0.3, 0.4) is 0 Å². The van der Waals surface area contributed by atoms with Crippen molar-refractivity contribution in [2.75, 3.05) is 33.7 Å². The molecule has 0 unspecified atom stereocenters. The Morgan fingerprint density at radius 2 is 2.07 bits per heavy atom. The van der Waals surface area contributed by atoms with Crippen LogP contribution in [0.5, 0.6) is 0 Å². The Labute approximate surface area is 157 Å². The average Bonchev–Trinajstić information content (AvgIpc) is 3.34. The van der Waals surface area contributed by atoms with Crippen LogP contribution in [0.15, 0.2) is 30.7 Å². The summed E-state index contributed by atoms with van der Waals surface area (Å²) < 4.78 is 3.77. The summed E-state index contributed by atoms with van der Waals surface area (Å²) in [6.07, 6.45) is 7.48. The van der Waals surface area contributed by atoms with Crippen molar-refractivity contribution >= 4 is 11.6 Å². The van der Waals surface area contributed by atoms with Crippen molar-refractivity contribution < 1.29 is 4.79 Å². The number of nitrogens with zero attached hydrogens (tertiary/aromatic N) is 8. The number of likely N-dealkylation sites (tertiary alicyclic amines) is 1. The number of piperidine rings is 1. The molecular formula is C18H24N8O. The predicted octanol–water partition coefficient (Wildman–Crippen LogP) is 0.902. The second kappa shape index (κ2) is 7.43. The van der Waals surface area contributed by atoms with Crippen LogP contribution in [0.4, 0.5) is 0 Å². The summed E-state index contributed by atoms with van der Waals surface area (Å²) in [5.74, 6) is 1.56. The van der Waals surface area contributed by atoms with Crippen molar-refractivity contribution in [3.63, 3.8) is 0 Å². The van der Waals surface area contributed by atoms with E-state index in [4.69, 9.17) is 0 Å². The van der Waals surface area contributed by atoms with Gasteiger partial charge in [-0.05, 0) is 49.5 Å². The van der Waals surface area contributed by atoms with Crippen molar-refractivity contribution in [2.24, 2.45) is 0 Å². The lowest BCUT2D eigenvalue weighted by Crippen LogP contribution is -2.38. The molecule has 0 radical (unpaired) electrons. The molecule has 0 atom stereocenters. The molecule has 1 aliphatic rings. The molecule has 142 valence electrons. The third-order valence-electron chi connectivity index (χ3n) is 5.12. The Morgan fingerprint density at radius 3 is 2.85 bits per heavy atom. The van der Waals surface area contributed by atoms with E-state index < -0.39 is 0 Å². The number of tetrazole rings is 1. The smallest absolute Gasteiger partial charge is 0.255 e. The Balaban J connectivity index is 1.40. The van der Waals surface area contributed by atoms with Gasteiger partial charge in [-0.3, -0.25) is 4.79 Å². The first kappa shape index (κ1) is 17.6. The Kier molecular flexibility index (Phi) is 4.85. The molecule has 1 fully saturated rings. The van der Waals surface area contributed by atoms with Gasteiger partial charge in [0, 0.05) is 50.7 Å². The fourth-order valence-electron chi connectivity index (χ4n) is 3.57. The van der Waals surface area contributed by atoms with E-state index in [2.05, 4.69) is 50.3 Å². The third kappa shape index (κ3) is 3.68. The van der Waals surface area contributed by atoms with E-state index in [0.717, 1.165) is 44.8 Å². The molecule has 1 amide bonds. The minimum atomic E-state index is 0.0294. The van der Waals surface area contributed by atoms with E-state index >= 15 is 0 Å². The van der Waals surface area contributed by atoms with Gasteiger partial charge < -0.3 is 14.4 Å². The average molecular weight is 368 g/mol. The number of pyridine rings is 1. The fourth-order valence-corrected chi connectivity index (χ4v) is 3.57. The van der Waals surface area contributed by atoms with Crippen LogP contribution in [0.1, 0.15) is 34.9 Å². The highest BCUT2D eigenvalue weighted by Crippen LogP contribution is 2.27. The summed E-state index contributed by atoms with van der Waals surface area (Å²) >= 11 is 0. The molecule has 0 aliphatic carbocycles. The zero-order valence-corrected chi connectivity index (χ0v) is 15.7. The van der Waals surface area contributed by atoms with E-state index in [1.54, 1.807) is 18.3 Å². The van der Waals surface area contributed by atoms with Crippen LogP contribution in [-0.2, 0) is 6.54 Å². The van der Waals surface area contributed by atoms with Crippen molar-refractivity contribution in [3.05, 3.63) is 42.1 Å². The van der Waals surface area contributed by atoms with Crippen LogP contribution in [0, 0.1) is 0 Å². The molecule has 1 aliphatic heterocycles. The number of likely N-dealkylation sites (N-methyl/N-ethyl adjacent to an activating group) is 1. The largest absolute Gasteiger partial charge is 0.339 e.